The maximum atomic E-state index is 13.0. The van der Waals surface area contributed by atoms with E-state index in [2.05, 4.69) is 45.1 Å². The molecule has 0 aliphatic heterocycles. The number of hydrogen-bond acceptors (Lipinski definition) is 3. The van der Waals surface area contributed by atoms with E-state index in [-0.39, 0.29) is 35.0 Å². The first-order valence-corrected chi connectivity index (χ1v) is 14.3. The molecule has 11 atom stereocenters. The lowest BCUT2D eigenvalue weighted by molar-refractivity contribution is -0.174. The van der Waals surface area contributed by atoms with E-state index in [1.54, 1.807) is 0 Å². The second-order valence-electron chi connectivity index (χ2n) is 13.3. The van der Waals surface area contributed by atoms with Gasteiger partial charge >= 0.3 is 0 Å². The zero-order valence-corrected chi connectivity index (χ0v) is 22.2. The van der Waals surface area contributed by atoms with Crippen molar-refractivity contribution in [2.24, 2.45) is 46.3 Å². The van der Waals surface area contributed by atoms with Crippen molar-refractivity contribution in [3.8, 4) is 0 Å². The first-order chi connectivity index (χ1) is 16.6. The Balaban J connectivity index is 1.27. The summed E-state index contributed by atoms with van der Waals surface area (Å²) in [5.74, 6) is 3.01. The highest BCUT2D eigenvalue weighted by Crippen LogP contribution is 2.68. The fourth-order valence-corrected chi connectivity index (χ4v) is 9.74. The highest BCUT2D eigenvalue weighted by Gasteiger charge is 2.62. The van der Waals surface area contributed by atoms with E-state index in [1.807, 2.05) is 18.2 Å². The van der Waals surface area contributed by atoms with Crippen molar-refractivity contribution in [3.63, 3.8) is 0 Å². The normalized spacial score (nSPS) is 44.5. The second kappa shape index (κ2) is 9.49. The van der Waals surface area contributed by atoms with Crippen LogP contribution in [-0.4, -0.2) is 28.3 Å². The van der Waals surface area contributed by atoms with Crippen LogP contribution in [0.2, 0.25) is 0 Å². The third kappa shape index (κ3) is 4.37. The van der Waals surface area contributed by atoms with Crippen LogP contribution in [0.3, 0.4) is 0 Å². The number of carbonyl (C=O) groups is 1. The Hall–Kier alpha value is -1.39. The smallest absolute Gasteiger partial charge is 0.220 e. The van der Waals surface area contributed by atoms with Gasteiger partial charge in [0.15, 0.2) is 0 Å². The minimum absolute atomic E-state index is 0.0262. The Kier molecular flexibility index (Phi) is 6.85. The van der Waals surface area contributed by atoms with Crippen LogP contribution >= 0.6 is 0 Å². The van der Waals surface area contributed by atoms with Gasteiger partial charge < -0.3 is 15.5 Å². The molecule has 1 aromatic carbocycles. The lowest BCUT2D eigenvalue weighted by Crippen LogP contribution is -2.58. The van der Waals surface area contributed by atoms with Gasteiger partial charge in [0, 0.05) is 6.42 Å². The monoisotopic (exact) mass is 481 g/mol. The van der Waals surface area contributed by atoms with E-state index in [1.165, 1.54) is 25.7 Å². The quantitative estimate of drug-likeness (QED) is 0.492. The molecule has 4 aliphatic rings. The number of fused-ring (bicyclic) bond motifs is 5. The third-order valence-electron chi connectivity index (χ3n) is 11.6. The van der Waals surface area contributed by atoms with Gasteiger partial charge in [-0.25, -0.2) is 0 Å². The van der Waals surface area contributed by atoms with E-state index in [9.17, 15) is 15.0 Å². The van der Waals surface area contributed by atoms with Gasteiger partial charge in [-0.2, -0.15) is 0 Å². The molecule has 2 unspecified atom stereocenters. The average molecular weight is 482 g/mol. The maximum absolute atomic E-state index is 13.0. The predicted molar refractivity (Wildman–Crippen MR) is 139 cm³/mol. The van der Waals surface area contributed by atoms with Crippen LogP contribution in [0.15, 0.2) is 30.3 Å². The van der Waals surface area contributed by atoms with Crippen LogP contribution in [0.5, 0.6) is 0 Å². The Bertz CT molecular complexity index is 904. The molecule has 4 nitrogen and oxygen atoms in total. The summed E-state index contributed by atoms with van der Waals surface area (Å²) < 4.78 is 0. The average Bonchev–Trinajstić information content (AvgIpc) is 3.18. The number of amides is 1. The van der Waals surface area contributed by atoms with E-state index >= 15 is 0 Å². The summed E-state index contributed by atoms with van der Waals surface area (Å²) in [6.07, 6.45) is 8.70. The first-order valence-electron chi connectivity index (χ1n) is 14.3. The van der Waals surface area contributed by atoms with Crippen LogP contribution in [-0.2, 0) is 4.79 Å². The Morgan fingerprint density at radius 2 is 1.66 bits per heavy atom. The number of aliphatic hydroxyl groups excluding tert-OH is 2. The summed E-state index contributed by atoms with van der Waals surface area (Å²) in [7, 11) is 0. The molecule has 194 valence electrons. The molecule has 1 amide bonds. The first kappa shape index (κ1) is 25.3. The molecule has 4 fully saturated rings. The molecule has 0 heterocycles. The van der Waals surface area contributed by atoms with Crippen LogP contribution in [0.4, 0.5) is 0 Å². The van der Waals surface area contributed by atoms with Crippen molar-refractivity contribution in [1.29, 1.82) is 0 Å². The molecule has 4 heteroatoms. The molecule has 0 aromatic heterocycles. The topological polar surface area (TPSA) is 69.6 Å². The molecular weight excluding hydrogens is 434 g/mol. The molecule has 3 N–H and O–H groups in total. The fourth-order valence-electron chi connectivity index (χ4n) is 9.74. The van der Waals surface area contributed by atoms with Gasteiger partial charge in [-0.15, -0.1) is 0 Å². The van der Waals surface area contributed by atoms with E-state index in [4.69, 9.17) is 0 Å². The van der Waals surface area contributed by atoms with Crippen molar-refractivity contribution < 1.29 is 15.0 Å². The number of aliphatic hydroxyl groups is 2. The number of rotatable bonds is 5. The lowest BCUT2D eigenvalue weighted by atomic mass is 9.43. The molecule has 0 radical (unpaired) electrons. The summed E-state index contributed by atoms with van der Waals surface area (Å²) in [4.78, 5) is 13.0. The molecule has 4 saturated carbocycles. The molecule has 35 heavy (non-hydrogen) atoms. The summed E-state index contributed by atoms with van der Waals surface area (Å²) in [6.45, 7) is 9.31. The van der Waals surface area contributed by atoms with Crippen molar-refractivity contribution >= 4 is 5.91 Å². The zero-order chi connectivity index (χ0) is 25.0. The van der Waals surface area contributed by atoms with Gasteiger partial charge in [-0.3, -0.25) is 4.79 Å². The SMILES string of the molecule is CC(NC(=O)C[C@@H](C)C1CC[C@H]2[C@@H]3[C@H](O)C[C@@H]4C[C@H](O)CC[C@]4(C)[C@H]3CC[C@]12C)c1ccccc1. The van der Waals surface area contributed by atoms with Gasteiger partial charge in [0.1, 0.15) is 0 Å². The zero-order valence-electron chi connectivity index (χ0n) is 22.2. The van der Waals surface area contributed by atoms with Gasteiger partial charge in [0.25, 0.3) is 0 Å². The number of nitrogens with one attached hydrogen (secondary N) is 1. The van der Waals surface area contributed by atoms with Crippen LogP contribution < -0.4 is 5.32 Å². The Morgan fingerprint density at radius 3 is 2.40 bits per heavy atom. The van der Waals surface area contributed by atoms with Crippen molar-refractivity contribution in [1.82, 2.24) is 5.32 Å². The fraction of sp³-hybridized carbons (Fsp3) is 0.774. The molecule has 0 saturated heterocycles. The Labute approximate surface area is 212 Å². The van der Waals surface area contributed by atoms with Crippen molar-refractivity contribution in [2.75, 3.05) is 0 Å². The second-order valence-corrected chi connectivity index (χ2v) is 13.3. The maximum Gasteiger partial charge on any atom is 0.220 e. The van der Waals surface area contributed by atoms with E-state index in [0.717, 1.165) is 31.2 Å². The largest absolute Gasteiger partial charge is 0.393 e. The predicted octanol–water partition coefficient (Wildman–Crippen LogP) is 5.88. The molecule has 4 aliphatic carbocycles. The number of benzene rings is 1. The van der Waals surface area contributed by atoms with Crippen molar-refractivity contribution in [3.05, 3.63) is 35.9 Å². The molecule has 0 bridgehead atoms. The Morgan fingerprint density at radius 1 is 0.971 bits per heavy atom. The van der Waals surface area contributed by atoms with Crippen LogP contribution in [0.1, 0.15) is 97.1 Å². The van der Waals surface area contributed by atoms with Gasteiger partial charge in [-0.1, -0.05) is 51.1 Å². The number of hydrogen-bond donors (Lipinski definition) is 3. The van der Waals surface area contributed by atoms with Gasteiger partial charge in [-0.05, 0) is 110 Å². The minimum atomic E-state index is -0.239. The van der Waals surface area contributed by atoms with Crippen LogP contribution in [0, 0.1) is 46.3 Å². The standard InChI is InChI=1S/C31H47NO3/c1-19(16-28(35)32-20(2)21-8-6-5-7-9-21)24-10-11-25-29-26(13-15-31(24,25)4)30(3)14-12-23(33)17-22(30)18-27(29)34/h5-9,19-20,22-27,29,33-34H,10-18H2,1-4H3,(H,32,35)/t19-,20?,22+,23-,24?,25+,26+,27-,29+,30+,31-/m1/s1. The summed E-state index contributed by atoms with van der Waals surface area (Å²) >= 11 is 0. The highest BCUT2D eigenvalue weighted by atomic mass is 16.3. The number of carbonyl (C=O) groups excluding carboxylic acids is 1. The molecular formula is C31H47NO3. The third-order valence-corrected chi connectivity index (χ3v) is 11.6. The summed E-state index contributed by atoms with van der Waals surface area (Å²) in [6, 6.07) is 10.2. The summed E-state index contributed by atoms with van der Waals surface area (Å²) in [5.41, 5.74) is 1.62. The lowest BCUT2D eigenvalue weighted by Gasteiger charge is -2.62. The van der Waals surface area contributed by atoms with E-state index in [0.29, 0.717) is 41.9 Å². The van der Waals surface area contributed by atoms with Crippen LogP contribution in [0.25, 0.3) is 0 Å². The highest BCUT2D eigenvalue weighted by molar-refractivity contribution is 5.76. The summed E-state index contributed by atoms with van der Waals surface area (Å²) in [5, 5.41) is 25.0. The molecule has 1 aromatic rings. The van der Waals surface area contributed by atoms with E-state index < -0.39 is 0 Å². The van der Waals surface area contributed by atoms with Gasteiger partial charge in [0.2, 0.25) is 5.91 Å². The minimum Gasteiger partial charge on any atom is -0.393 e. The molecule has 0 spiro atoms. The molecule has 5 rings (SSSR count). The van der Waals surface area contributed by atoms with Gasteiger partial charge in [0.05, 0.1) is 18.2 Å². The van der Waals surface area contributed by atoms with Crippen molar-refractivity contribution in [2.45, 2.75) is 104 Å².